The fourth-order valence-corrected chi connectivity index (χ4v) is 14.4. The average Bonchev–Trinajstić information content (AvgIpc) is 3.65. The lowest BCUT2D eigenvalue weighted by molar-refractivity contribution is -0.0436. The van der Waals surface area contributed by atoms with Crippen LogP contribution >= 0.6 is 23.4 Å². The molecule has 1 aliphatic carbocycles. The molecule has 2 fully saturated rings. The normalized spacial score (nSPS) is 19.4. The average molecular weight is 1210 g/mol. The van der Waals surface area contributed by atoms with Gasteiger partial charge in [-0.05, 0) is 148 Å². The van der Waals surface area contributed by atoms with Crippen LogP contribution in [-0.4, -0.2) is 155 Å². The van der Waals surface area contributed by atoms with Gasteiger partial charge in [-0.3, -0.25) is 24.5 Å². The third-order valence-corrected chi connectivity index (χ3v) is 19.9. The topological polar surface area (TPSA) is 165 Å². The Bertz CT molecular complexity index is 3320. The standard InChI is InChI=1S/C60H72ClF3N8O7S3/c1-58(2,3)79-57(74)72-35-31-70(32-36-72)42-59(4)25-22-52(43-12-16-47(61)17-13-43)46(38-59)39-69-29-33-71(34-30-69)49-18-14-45(15-19-49)56(73)67-82(77,78)51-20-21-53(55(37-51)81(75,76)60(62,63)64)66-48(41-80-50-10-6-5-7-11-50)24-28-68-27-23-44-9-8-26-65-54(44)40-68/h5-21,26,37,48,66H,22-25,27-36,38-42H2,1-4H3,(H,67,73). The summed E-state index contributed by atoms with van der Waals surface area (Å²) in [6, 6.07) is 29.7. The molecule has 0 spiro atoms. The first-order chi connectivity index (χ1) is 38.9. The van der Waals surface area contributed by atoms with Gasteiger partial charge in [-0.2, -0.15) is 13.2 Å². The largest absolute Gasteiger partial charge is 0.501 e. The highest BCUT2D eigenvalue weighted by Gasteiger charge is 2.49. The zero-order valence-corrected chi connectivity index (χ0v) is 50.0. The van der Waals surface area contributed by atoms with Gasteiger partial charge in [0.15, 0.2) is 0 Å². The van der Waals surface area contributed by atoms with E-state index in [0.717, 1.165) is 105 Å². The van der Waals surface area contributed by atoms with E-state index in [-0.39, 0.29) is 17.1 Å². The lowest BCUT2D eigenvalue weighted by Crippen LogP contribution is -2.52. The number of carbonyl (C=O) groups excluding carboxylic acids is 2. The Morgan fingerprint density at radius 1 is 0.805 bits per heavy atom. The van der Waals surface area contributed by atoms with Crippen molar-refractivity contribution in [1.82, 2.24) is 29.3 Å². The third kappa shape index (κ3) is 15.5. The number of thioether (sulfide) groups is 1. The van der Waals surface area contributed by atoms with Crippen LogP contribution in [0.3, 0.4) is 0 Å². The first kappa shape index (κ1) is 60.9. The summed E-state index contributed by atoms with van der Waals surface area (Å²) in [5.74, 6) is -0.699. The van der Waals surface area contributed by atoms with E-state index in [1.807, 2.05) is 80.1 Å². The molecular weight excluding hydrogens is 1130 g/mol. The van der Waals surface area contributed by atoms with Gasteiger partial charge in [0.1, 0.15) is 10.5 Å². The Balaban J connectivity index is 0.834. The van der Waals surface area contributed by atoms with E-state index in [2.05, 4.69) is 49.0 Å². The monoisotopic (exact) mass is 1200 g/mol. The van der Waals surface area contributed by atoms with E-state index in [0.29, 0.717) is 62.5 Å². The summed E-state index contributed by atoms with van der Waals surface area (Å²) in [6.45, 7) is 17.3. The van der Waals surface area contributed by atoms with Crippen LogP contribution in [0.15, 0.2) is 136 Å². The van der Waals surface area contributed by atoms with Crippen LogP contribution in [0.5, 0.6) is 0 Å². The number of nitrogens with zero attached hydrogens (tertiary/aromatic N) is 6. The number of sulfonamides is 1. The molecule has 3 aliphatic heterocycles. The maximum absolute atomic E-state index is 14.4. The molecule has 2 saturated heterocycles. The number of amides is 2. The second kappa shape index (κ2) is 25.7. The van der Waals surface area contributed by atoms with Crippen molar-refractivity contribution in [2.75, 3.05) is 94.5 Å². The van der Waals surface area contributed by atoms with Crippen molar-refractivity contribution < 1.29 is 44.3 Å². The summed E-state index contributed by atoms with van der Waals surface area (Å²) < 4.78 is 105. The Hall–Kier alpha value is -5.68. The van der Waals surface area contributed by atoms with E-state index >= 15 is 0 Å². The van der Waals surface area contributed by atoms with E-state index in [4.69, 9.17) is 16.3 Å². The number of benzene rings is 4. The minimum atomic E-state index is -6.10. The second-order valence-corrected chi connectivity index (χ2v) is 28.2. The Morgan fingerprint density at radius 3 is 2.18 bits per heavy atom. The molecular formula is C60H72ClF3N8O7S3. The number of alkyl halides is 3. The fraction of sp³-hybridized carbons (Fsp3) is 0.450. The van der Waals surface area contributed by atoms with Crippen molar-refractivity contribution in [2.45, 2.75) is 98.2 Å². The van der Waals surface area contributed by atoms with Crippen molar-refractivity contribution in [3.63, 3.8) is 0 Å². The number of fused-ring (bicyclic) bond motifs is 1. The van der Waals surface area contributed by atoms with Gasteiger partial charge >= 0.3 is 11.6 Å². The molecule has 9 rings (SSSR count). The molecule has 2 amide bonds. The van der Waals surface area contributed by atoms with E-state index in [1.54, 1.807) is 23.2 Å². The summed E-state index contributed by atoms with van der Waals surface area (Å²) in [7, 11) is -11.0. The third-order valence-electron chi connectivity index (χ3n) is 15.6. The summed E-state index contributed by atoms with van der Waals surface area (Å²) in [5, 5.41) is 3.72. The van der Waals surface area contributed by atoms with Gasteiger partial charge in [0.25, 0.3) is 25.8 Å². The summed E-state index contributed by atoms with van der Waals surface area (Å²) in [6.07, 6.45) is 5.53. The van der Waals surface area contributed by atoms with Crippen molar-refractivity contribution in [2.24, 2.45) is 5.41 Å². The molecule has 0 saturated carbocycles. The highest BCUT2D eigenvalue weighted by molar-refractivity contribution is 7.99. The van der Waals surface area contributed by atoms with Crippen molar-refractivity contribution >= 4 is 72.2 Å². The SMILES string of the molecule is CC1(CN2CCN(C(=O)OC(C)(C)C)CC2)CCC(c2ccc(Cl)cc2)=C(CN2CCN(c3ccc(C(=O)NS(=O)(=O)c4ccc(NC(CCN5CCc6cccnc6C5)CSc5ccccc5)c(S(=O)(=O)C(F)(F)F)c4)cc3)CC2)C1. The highest BCUT2D eigenvalue weighted by Crippen LogP contribution is 2.44. The van der Waals surface area contributed by atoms with Gasteiger partial charge in [0.2, 0.25) is 0 Å². The maximum atomic E-state index is 14.4. The molecule has 2 atom stereocenters. The lowest BCUT2D eigenvalue weighted by atomic mass is 9.71. The molecule has 440 valence electrons. The number of aromatic nitrogens is 1. The second-order valence-electron chi connectivity index (χ2n) is 23.1. The van der Waals surface area contributed by atoms with E-state index < -0.39 is 58.4 Å². The molecule has 2 unspecified atom stereocenters. The molecule has 82 heavy (non-hydrogen) atoms. The zero-order valence-electron chi connectivity index (χ0n) is 46.8. The van der Waals surface area contributed by atoms with E-state index in [1.165, 1.54) is 40.6 Å². The van der Waals surface area contributed by atoms with Gasteiger partial charge in [-0.15, -0.1) is 11.8 Å². The Kier molecular flexibility index (Phi) is 19.1. The summed E-state index contributed by atoms with van der Waals surface area (Å²) >= 11 is 7.77. The van der Waals surface area contributed by atoms with Crippen molar-refractivity contribution in [3.8, 4) is 0 Å². The fourth-order valence-electron chi connectivity index (χ4n) is 11.3. The van der Waals surface area contributed by atoms with Gasteiger partial charge in [0, 0.05) is 124 Å². The first-order valence-corrected chi connectivity index (χ1v) is 32.1. The highest BCUT2D eigenvalue weighted by atomic mass is 35.5. The van der Waals surface area contributed by atoms with Gasteiger partial charge < -0.3 is 19.9 Å². The number of hydrogen-bond acceptors (Lipinski definition) is 14. The Labute approximate surface area is 489 Å². The maximum Gasteiger partial charge on any atom is 0.501 e. The summed E-state index contributed by atoms with van der Waals surface area (Å²) in [4.78, 5) is 40.8. The molecule has 4 aliphatic rings. The number of sulfone groups is 1. The van der Waals surface area contributed by atoms with Crippen LogP contribution < -0.4 is 14.9 Å². The summed E-state index contributed by atoms with van der Waals surface area (Å²) in [5.41, 5.74) is 0.124. The molecule has 2 N–H and O–H groups in total. The lowest BCUT2D eigenvalue weighted by Gasteiger charge is -2.44. The number of carbonyl (C=O) groups is 2. The van der Waals surface area contributed by atoms with Crippen LogP contribution in [0.1, 0.15) is 80.6 Å². The number of allylic oxidation sites excluding steroid dienone is 1. The van der Waals surface area contributed by atoms with Crippen molar-refractivity contribution in [3.05, 3.63) is 148 Å². The van der Waals surface area contributed by atoms with Crippen LogP contribution in [0.2, 0.25) is 5.02 Å². The van der Waals surface area contributed by atoms with E-state index in [9.17, 15) is 39.6 Å². The minimum Gasteiger partial charge on any atom is -0.444 e. The van der Waals surface area contributed by atoms with Crippen LogP contribution in [-0.2, 0) is 37.6 Å². The first-order valence-electron chi connectivity index (χ1n) is 27.8. The molecule has 5 aromatic rings. The van der Waals surface area contributed by atoms with Gasteiger partial charge in [-0.1, -0.05) is 60.5 Å². The number of pyridine rings is 1. The predicted molar refractivity (Wildman–Crippen MR) is 316 cm³/mol. The molecule has 0 bridgehead atoms. The van der Waals surface area contributed by atoms with Crippen LogP contribution in [0.25, 0.3) is 5.57 Å². The number of piperazine rings is 2. The number of anilines is 2. The molecule has 22 heteroatoms. The smallest absolute Gasteiger partial charge is 0.444 e. The molecule has 4 aromatic carbocycles. The number of hydrogen-bond donors (Lipinski definition) is 2. The van der Waals surface area contributed by atoms with Gasteiger partial charge in [0.05, 0.1) is 16.3 Å². The zero-order chi connectivity index (χ0) is 58.5. The number of halogens is 4. The predicted octanol–water partition coefficient (Wildman–Crippen LogP) is 10.5. The molecule has 1 aromatic heterocycles. The quantitative estimate of drug-likeness (QED) is 0.0796. The molecule has 0 radical (unpaired) electrons. The van der Waals surface area contributed by atoms with Gasteiger partial charge in [-0.25, -0.2) is 26.4 Å². The van der Waals surface area contributed by atoms with Crippen molar-refractivity contribution in [1.29, 1.82) is 0 Å². The Morgan fingerprint density at radius 2 is 1.50 bits per heavy atom. The molecule has 4 heterocycles. The molecule has 15 nitrogen and oxygen atoms in total. The van der Waals surface area contributed by atoms with Crippen LogP contribution in [0, 0.1) is 5.41 Å². The number of rotatable bonds is 18. The number of nitrogens with one attached hydrogen (secondary N) is 2. The van der Waals surface area contributed by atoms with Crippen LogP contribution in [0.4, 0.5) is 29.3 Å². The number of ether oxygens (including phenoxy) is 1. The minimum absolute atomic E-state index is 0.0222.